The second-order valence-corrected chi connectivity index (χ2v) is 5.46. The lowest BCUT2D eigenvalue weighted by atomic mass is 10.0. The molecule has 2 rings (SSSR count). The Bertz CT molecular complexity index is 377. The molecule has 1 aliphatic rings. The van der Waals surface area contributed by atoms with Gasteiger partial charge < -0.3 is 9.73 Å². The lowest BCUT2D eigenvalue weighted by Crippen LogP contribution is -2.55. The molecule has 1 saturated heterocycles. The maximum atomic E-state index is 5.75. The predicted octanol–water partition coefficient (Wildman–Crippen LogP) is 2.59. The van der Waals surface area contributed by atoms with Gasteiger partial charge in [0.25, 0.3) is 0 Å². The third-order valence-electron chi connectivity index (χ3n) is 4.01. The molecule has 2 unspecified atom stereocenters. The molecule has 2 atom stereocenters. The molecule has 4 heteroatoms. The van der Waals surface area contributed by atoms with Crippen LogP contribution >= 0.6 is 0 Å². The molecule has 0 radical (unpaired) electrons. The quantitative estimate of drug-likeness (QED) is 0.858. The predicted molar refractivity (Wildman–Crippen MR) is 77.1 cm³/mol. The van der Waals surface area contributed by atoms with Gasteiger partial charge in [-0.25, -0.2) is 4.98 Å². The SMILES string of the molecule is CCCC1CN(Cc2ncc(CC)o2)C(CC)CN1. The molecule has 0 amide bonds. The van der Waals surface area contributed by atoms with Crippen LogP contribution in [0.4, 0.5) is 0 Å². The van der Waals surface area contributed by atoms with E-state index in [2.05, 4.69) is 36.0 Å². The molecule has 0 bridgehead atoms. The monoisotopic (exact) mass is 265 g/mol. The fraction of sp³-hybridized carbons (Fsp3) is 0.800. The Morgan fingerprint density at radius 3 is 2.89 bits per heavy atom. The van der Waals surface area contributed by atoms with Gasteiger partial charge in [0, 0.05) is 31.6 Å². The van der Waals surface area contributed by atoms with E-state index < -0.39 is 0 Å². The van der Waals surface area contributed by atoms with Crippen LogP contribution in [0.25, 0.3) is 0 Å². The van der Waals surface area contributed by atoms with Gasteiger partial charge in [-0.3, -0.25) is 4.90 Å². The summed E-state index contributed by atoms with van der Waals surface area (Å²) < 4.78 is 5.75. The first-order valence-electron chi connectivity index (χ1n) is 7.67. The number of aromatic nitrogens is 1. The van der Waals surface area contributed by atoms with Crippen molar-refractivity contribution in [2.75, 3.05) is 13.1 Å². The second-order valence-electron chi connectivity index (χ2n) is 5.46. The summed E-state index contributed by atoms with van der Waals surface area (Å²) in [5.41, 5.74) is 0. The Morgan fingerprint density at radius 2 is 2.26 bits per heavy atom. The highest BCUT2D eigenvalue weighted by Crippen LogP contribution is 2.17. The molecule has 1 aromatic rings. The first-order valence-corrected chi connectivity index (χ1v) is 7.67. The average molecular weight is 265 g/mol. The molecular formula is C15H27N3O. The van der Waals surface area contributed by atoms with Crippen molar-refractivity contribution in [3.05, 3.63) is 17.8 Å². The van der Waals surface area contributed by atoms with Crippen molar-refractivity contribution in [3.8, 4) is 0 Å². The summed E-state index contributed by atoms with van der Waals surface area (Å²) in [6.45, 7) is 9.65. The summed E-state index contributed by atoms with van der Waals surface area (Å²) in [4.78, 5) is 6.92. The highest BCUT2D eigenvalue weighted by Gasteiger charge is 2.27. The highest BCUT2D eigenvalue weighted by molar-refractivity contribution is 4.95. The second kappa shape index (κ2) is 7.06. The molecule has 1 fully saturated rings. The molecule has 0 aromatic carbocycles. The summed E-state index contributed by atoms with van der Waals surface area (Å²) in [6, 6.07) is 1.22. The number of nitrogens with one attached hydrogen (secondary N) is 1. The van der Waals surface area contributed by atoms with Gasteiger partial charge in [-0.05, 0) is 12.8 Å². The number of hydrogen-bond donors (Lipinski definition) is 1. The van der Waals surface area contributed by atoms with Crippen LogP contribution in [0.3, 0.4) is 0 Å². The molecule has 1 aliphatic heterocycles. The van der Waals surface area contributed by atoms with Crippen LogP contribution < -0.4 is 5.32 Å². The van der Waals surface area contributed by atoms with E-state index in [9.17, 15) is 0 Å². The van der Waals surface area contributed by atoms with Gasteiger partial charge in [-0.15, -0.1) is 0 Å². The molecule has 2 heterocycles. The molecule has 1 N–H and O–H groups in total. The number of aryl methyl sites for hydroxylation is 1. The van der Waals surface area contributed by atoms with E-state index in [1.165, 1.54) is 19.3 Å². The van der Waals surface area contributed by atoms with E-state index in [1.54, 1.807) is 0 Å². The third-order valence-corrected chi connectivity index (χ3v) is 4.01. The Kier molecular flexibility index (Phi) is 5.40. The number of piperazine rings is 1. The summed E-state index contributed by atoms with van der Waals surface area (Å²) in [6.07, 6.45) is 6.44. The van der Waals surface area contributed by atoms with Crippen LogP contribution in [-0.2, 0) is 13.0 Å². The minimum absolute atomic E-state index is 0.602. The van der Waals surface area contributed by atoms with E-state index in [0.717, 1.165) is 37.7 Å². The van der Waals surface area contributed by atoms with E-state index in [-0.39, 0.29) is 0 Å². The Hall–Kier alpha value is -0.870. The van der Waals surface area contributed by atoms with Crippen molar-refractivity contribution in [2.24, 2.45) is 0 Å². The molecule has 0 saturated carbocycles. The van der Waals surface area contributed by atoms with Gasteiger partial charge in [-0.2, -0.15) is 0 Å². The first-order chi connectivity index (χ1) is 9.26. The van der Waals surface area contributed by atoms with Crippen LogP contribution in [0.15, 0.2) is 10.6 Å². The number of oxazole rings is 1. The lowest BCUT2D eigenvalue weighted by Gasteiger charge is -2.39. The maximum absolute atomic E-state index is 5.75. The summed E-state index contributed by atoms with van der Waals surface area (Å²) in [7, 11) is 0. The van der Waals surface area contributed by atoms with Gasteiger partial charge in [0.15, 0.2) is 0 Å². The maximum Gasteiger partial charge on any atom is 0.208 e. The first kappa shape index (κ1) is 14.5. The number of rotatable bonds is 6. The van der Waals surface area contributed by atoms with Crippen molar-refractivity contribution in [1.82, 2.24) is 15.2 Å². The standard InChI is InChI=1S/C15H27N3O/c1-4-7-12-10-18(13(5-2)8-16-12)11-15-17-9-14(6-3)19-15/h9,12-13,16H,4-8,10-11H2,1-3H3. The fourth-order valence-electron chi connectivity index (χ4n) is 2.82. The topological polar surface area (TPSA) is 41.3 Å². The summed E-state index contributed by atoms with van der Waals surface area (Å²) in [5, 5.41) is 3.66. The zero-order valence-corrected chi connectivity index (χ0v) is 12.5. The van der Waals surface area contributed by atoms with Gasteiger partial charge in [0.2, 0.25) is 5.89 Å². The van der Waals surface area contributed by atoms with Crippen LogP contribution in [0, 0.1) is 0 Å². The van der Waals surface area contributed by atoms with Crippen LogP contribution in [0.5, 0.6) is 0 Å². The zero-order valence-electron chi connectivity index (χ0n) is 12.5. The van der Waals surface area contributed by atoms with Crippen molar-refractivity contribution >= 4 is 0 Å². The van der Waals surface area contributed by atoms with Crippen molar-refractivity contribution in [3.63, 3.8) is 0 Å². The van der Waals surface area contributed by atoms with Crippen molar-refractivity contribution in [2.45, 2.75) is 65.1 Å². The molecule has 0 aliphatic carbocycles. The largest absolute Gasteiger partial charge is 0.444 e. The highest BCUT2D eigenvalue weighted by atomic mass is 16.4. The van der Waals surface area contributed by atoms with E-state index in [1.807, 2.05) is 6.20 Å². The molecule has 1 aromatic heterocycles. The number of nitrogens with zero attached hydrogens (tertiary/aromatic N) is 2. The van der Waals surface area contributed by atoms with E-state index >= 15 is 0 Å². The Morgan fingerprint density at radius 1 is 1.42 bits per heavy atom. The Labute approximate surface area is 116 Å². The lowest BCUT2D eigenvalue weighted by molar-refractivity contribution is 0.105. The minimum Gasteiger partial charge on any atom is -0.444 e. The zero-order chi connectivity index (χ0) is 13.7. The van der Waals surface area contributed by atoms with Gasteiger partial charge in [0.1, 0.15) is 5.76 Å². The minimum atomic E-state index is 0.602. The third kappa shape index (κ3) is 3.80. The van der Waals surface area contributed by atoms with Crippen LogP contribution in [0.2, 0.25) is 0 Å². The van der Waals surface area contributed by atoms with Gasteiger partial charge in [0.05, 0.1) is 12.7 Å². The summed E-state index contributed by atoms with van der Waals surface area (Å²) in [5.74, 6) is 1.86. The van der Waals surface area contributed by atoms with Gasteiger partial charge in [-0.1, -0.05) is 27.2 Å². The normalized spacial score (nSPS) is 24.8. The Balaban J connectivity index is 1.97. The molecule has 4 nitrogen and oxygen atoms in total. The fourth-order valence-corrected chi connectivity index (χ4v) is 2.82. The molecule has 0 spiro atoms. The smallest absolute Gasteiger partial charge is 0.208 e. The van der Waals surface area contributed by atoms with Crippen LogP contribution in [-0.4, -0.2) is 35.1 Å². The van der Waals surface area contributed by atoms with E-state index in [4.69, 9.17) is 4.42 Å². The van der Waals surface area contributed by atoms with E-state index in [0.29, 0.717) is 12.1 Å². The summed E-state index contributed by atoms with van der Waals surface area (Å²) >= 11 is 0. The average Bonchev–Trinajstić information content (AvgIpc) is 2.87. The van der Waals surface area contributed by atoms with Crippen molar-refractivity contribution in [1.29, 1.82) is 0 Å². The number of hydrogen-bond acceptors (Lipinski definition) is 4. The van der Waals surface area contributed by atoms with Crippen molar-refractivity contribution < 1.29 is 4.42 Å². The van der Waals surface area contributed by atoms with Crippen LogP contribution in [0.1, 0.15) is 51.7 Å². The molecule has 19 heavy (non-hydrogen) atoms. The molecular weight excluding hydrogens is 238 g/mol. The molecule has 108 valence electrons. The van der Waals surface area contributed by atoms with Gasteiger partial charge >= 0.3 is 0 Å².